The van der Waals surface area contributed by atoms with Gasteiger partial charge in [0.05, 0.1) is 30.7 Å². The first-order valence-electron chi connectivity index (χ1n) is 11.1. The van der Waals surface area contributed by atoms with Crippen LogP contribution in [0.1, 0.15) is 45.6 Å². The van der Waals surface area contributed by atoms with E-state index in [0.717, 1.165) is 15.8 Å². The topological polar surface area (TPSA) is 76.8 Å². The summed E-state index contributed by atoms with van der Waals surface area (Å²) in [6.45, 7) is 2.54. The SMILES string of the molecule is Cc1ccccc1Cn1cc(NC(=O)c2cnn3c2N[C@H](c2ccccc2)C[C@@H]3C(F)(F)F)cn1. The summed E-state index contributed by atoms with van der Waals surface area (Å²) in [5, 5.41) is 14.0. The number of nitrogens with one attached hydrogen (secondary N) is 2. The number of halogens is 3. The summed E-state index contributed by atoms with van der Waals surface area (Å²) in [7, 11) is 0. The molecular formula is C25H23F3N6O. The van der Waals surface area contributed by atoms with Crippen molar-refractivity contribution in [2.24, 2.45) is 0 Å². The lowest BCUT2D eigenvalue weighted by molar-refractivity contribution is -0.173. The number of hydrogen-bond acceptors (Lipinski definition) is 4. The second kappa shape index (κ2) is 8.94. The zero-order valence-corrected chi connectivity index (χ0v) is 18.8. The number of carbonyl (C=O) groups is 1. The predicted molar refractivity (Wildman–Crippen MR) is 125 cm³/mol. The molecule has 180 valence electrons. The zero-order valence-electron chi connectivity index (χ0n) is 18.8. The molecule has 1 aliphatic heterocycles. The van der Waals surface area contributed by atoms with Crippen LogP contribution >= 0.6 is 0 Å². The van der Waals surface area contributed by atoms with Gasteiger partial charge in [0.1, 0.15) is 11.4 Å². The molecule has 0 fully saturated rings. The Labute approximate surface area is 199 Å². The van der Waals surface area contributed by atoms with Crippen molar-refractivity contribution in [3.8, 4) is 0 Å². The third-order valence-electron chi connectivity index (χ3n) is 6.17. The molecule has 1 aliphatic rings. The van der Waals surface area contributed by atoms with Gasteiger partial charge in [0, 0.05) is 12.6 Å². The van der Waals surface area contributed by atoms with Gasteiger partial charge in [0.25, 0.3) is 5.91 Å². The van der Waals surface area contributed by atoms with Crippen LogP contribution in [-0.2, 0) is 6.54 Å². The average Bonchev–Trinajstić information content (AvgIpc) is 3.46. The molecule has 0 saturated carbocycles. The fourth-order valence-corrected chi connectivity index (χ4v) is 4.31. The Kier molecular flexibility index (Phi) is 5.80. The highest BCUT2D eigenvalue weighted by Gasteiger charge is 2.47. The van der Waals surface area contributed by atoms with E-state index in [-0.39, 0.29) is 17.8 Å². The number of rotatable bonds is 5. The molecule has 0 bridgehead atoms. The van der Waals surface area contributed by atoms with Crippen LogP contribution in [0.5, 0.6) is 0 Å². The second-order valence-corrected chi connectivity index (χ2v) is 8.56. The lowest BCUT2D eigenvalue weighted by Gasteiger charge is -2.34. The molecule has 2 atom stereocenters. The highest BCUT2D eigenvalue weighted by molar-refractivity contribution is 6.07. The van der Waals surface area contributed by atoms with Gasteiger partial charge in [-0.05, 0) is 23.6 Å². The minimum Gasteiger partial charge on any atom is -0.363 e. The number of hydrogen-bond donors (Lipinski definition) is 2. The first-order chi connectivity index (χ1) is 16.8. The summed E-state index contributed by atoms with van der Waals surface area (Å²) >= 11 is 0. The van der Waals surface area contributed by atoms with Crippen molar-refractivity contribution in [1.29, 1.82) is 0 Å². The van der Waals surface area contributed by atoms with Gasteiger partial charge in [0.15, 0.2) is 6.04 Å². The Bertz CT molecular complexity index is 1340. The number of alkyl halides is 3. The van der Waals surface area contributed by atoms with Crippen LogP contribution in [0.2, 0.25) is 0 Å². The Morgan fingerprint density at radius 1 is 1.09 bits per heavy atom. The molecule has 3 heterocycles. The van der Waals surface area contributed by atoms with E-state index in [1.54, 1.807) is 41.2 Å². The van der Waals surface area contributed by atoms with E-state index in [9.17, 15) is 18.0 Å². The van der Waals surface area contributed by atoms with Crippen molar-refractivity contribution < 1.29 is 18.0 Å². The van der Waals surface area contributed by atoms with Crippen molar-refractivity contribution in [1.82, 2.24) is 19.6 Å². The molecule has 5 rings (SSSR count). The van der Waals surface area contributed by atoms with Crippen LogP contribution < -0.4 is 10.6 Å². The van der Waals surface area contributed by atoms with Crippen molar-refractivity contribution in [3.63, 3.8) is 0 Å². The third kappa shape index (κ3) is 4.64. The molecule has 0 unspecified atom stereocenters. The van der Waals surface area contributed by atoms with Crippen molar-refractivity contribution in [3.05, 3.63) is 95.4 Å². The van der Waals surface area contributed by atoms with Gasteiger partial charge < -0.3 is 10.6 Å². The molecule has 10 heteroatoms. The van der Waals surface area contributed by atoms with Crippen molar-refractivity contribution in [2.45, 2.75) is 38.1 Å². The number of nitrogens with zero attached hydrogens (tertiary/aromatic N) is 4. The van der Waals surface area contributed by atoms with E-state index in [4.69, 9.17) is 0 Å². The molecule has 7 nitrogen and oxygen atoms in total. The molecule has 0 saturated heterocycles. The first-order valence-corrected chi connectivity index (χ1v) is 11.1. The van der Waals surface area contributed by atoms with Crippen LogP contribution in [0, 0.1) is 6.92 Å². The Morgan fingerprint density at radius 3 is 2.57 bits per heavy atom. The molecule has 0 radical (unpaired) electrons. The number of aryl methyl sites for hydroxylation is 1. The number of fused-ring (bicyclic) bond motifs is 1. The van der Waals surface area contributed by atoms with E-state index < -0.39 is 24.2 Å². The second-order valence-electron chi connectivity index (χ2n) is 8.56. The van der Waals surface area contributed by atoms with Crippen molar-refractivity contribution in [2.75, 3.05) is 10.6 Å². The highest BCUT2D eigenvalue weighted by atomic mass is 19.4. The van der Waals surface area contributed by atoms with Crippen LogP contribution in [0.3, 0.4) is 0 Å². The number of aromatic nitrogens is 4. The summed E-state index contributed by atoms with van der Waals surface area (Å²) in [5.74, 6) is -0.527. The van der Waals surface area contributed by atoms with Gasteiger partial charge >= 0.3 is 6.18 Å². The van der Waals surface area contributed by atoms with Gasteiger partial charge in [-0.2, -0.15) is 23.4 Å². The largest absolute Gasteiger partial charge is 0.410 e. The van der Waals surface area contributed by atoms with Gasteiger partial charge in [-0.3, -0.25) is 9.48 Å². The molecule has 4 aromatic rings. The summed E-state index contributed by atoms with van der Waals surface area (Å²) < 4.78 is 44.2. The maximum absolute atomic E-state index is 13.9. The molecule has 0 spiro atoms. The predicted octanol–water partition coefficient (Wildman–Crippen LogP) is 5.35. The highest BCUT2D eigenvalue weighted by Crippen LogP contribution is 2.44. The van der Waals surface area contributed by atoms with Crippen LogP contribution in [0.4, 0.5) is 24.7 Å². The van der Waals surface area contributed by atoms with Gasteiger partial charge in [-0.15, -0.1) is 0 Å². The summed E-state index contributed by atoms with van der Waals surface area (Å²) in [6.07, 6.45) is -0.388. The smallest absolute Gasteiger partial charge is 0.363 e. The first kappa shape index (κ1) is 22.7. The molecule has 2 aromatic carbocycles. The van der Waals surface area contributed by atoms with Gasteiger partial charge in [-0.25, -0.2) is 4.68 Å². The maximum atomic E-state index is 13.9. The van der Waals surface area contributed by atoms with E-state index in [1.165, 1.54) is 12.4 Å². The minimum absolute atomic E-state index is 0.0338. The monoisotopic (exact) mass is 480 g/mol. The van der Waals surface area contributed by atoms with Gasteiger partial charge in [0.2, 0.25) is 0 Å². The lowest BCUT2D eigenvalue weighted by Crippen LogP contribution is -2.36. The molecule has 1 amide bonds. The number of benzene rings is 2. The quantitative estimate of drug-likeness (QED) is 0.404. The third-order valence-corrected chi connectivity index (χ3v) is 6.17. The summed E-state index contributed by atoms with van der Waals surface area (Å²) in [5.41, 5.74) is 3.39. The lowest BCUT2D eigenvalue weighted by atomic mass is 9.96. The molecule has 35 heavy (non-hydrogen) atoms. The van der Waals surface area contributed by atoms with Crippen molar-refractivity contribution >= 4 is 17.4 Å². The zero-order chi connectivity index (χ0) is 24.6. The summed E-state index contributed by atoms with van der Waals surface area (Å²) in [6, 6.07) is 14.3. The number of anilines is 2. The molecular weight excluding hydrogens is 457 g/mol. The van der Waals surface area contributed by atoms with Crippen LogP contribution in [0.15, 0.2) is 73.2 Å². The summed E-state index contributed by atoms with van der Waals surface area (Å²) in [4.78, 5) is 13.0. The molecule has 0 aliphatic carbocycles. The number of carbonyl (C=O) groups excluding carboxylic acids is 1. The molecule has 2 aromatic heterocycles. The van der Waals surface area contributed by atoms with Crippen LogP contribution in [0.25, 0.3) is 0 Å². The van der Waals surface area contributed by atoms with Gasteiger partial charge in [-0.1, -0.05) is 54.6 Å². The standard InChI is InChI=1S/C25H23F3N6O/c1-16-7-5-6-10-18(16)14-33-15-19(12-29-33)31-24(35)20-13-30-34-22(25(26,27)28)11-21(32-23(20)34)17-8-3-2-4-9-17/h2-10,12-13,15,21-22,32H,11,14H2,1H3,(H,31,35)/t21-,22+/m0/s1. The van der Waals surface area contributed by atoms with Crippen LogP contribution in [-0.4, -0.2) is 31.6 Å². The fraction of sp³-hybridized carbons (Fsp3) is 0.240. The number of amides is 1. The minimum atomic E-state index is -4.51. The fourth-order valence-electron chi connectivity index (χ4n) is 4.31. The Balaban J connectivity index is 1.38. The average molecular weight is 480 g/mol. The molecule has 2 N–H and O–H groups in total. The Morgan fingerprint density at radius 2 is 1.83 bits per heavy atom. The van der Waals surface area contributed by atoms with E-state index in [1.807, 2.05) is 31.2 Å². The Hall–Kier alpha value is -4.08. The maximum Gasteiger partial charge on any atom is 0.410 e. The van der Waals surface area contributed by atoms with E-state index in [0.29, 0.717) is 17.8 Å². The van der Waals surface area contributed by atoms with E-state index in [2.05, 4.69) is 20.8 Å². The normalized spacial score (nSPS) is 17.5. The van der Waals surface area contributed by atoms with E-state index >= 15 is 0 Å².